The zero-order valence-electron chi connectivity index (χ0n) is 8.23. The van der Waals surface area contributed by atoms with Gasteiger partial charge >= 0.3 is 0 Å². The van der Waals surface area contributed by atoms with Crippen molar-refractivity contribution in [1.29, 1.82) is 0 Å². The van der Waals surface area contributed by atoms with E-state index in [0.717, 1.165) is 10.8 Å². The Bertz CT molecular complexity index is 518. The Hall–Kier alpha value is -2.03. The Morgan fingerprint density at radius 1 is 1.33 bits per heavy atom. The maximum atomic E-state index is 10.9. The molecule has 0 aliphatic rings. The van der Waals surface area contributed by atoms with Crippen LogP contribution in [0.1, 0.15) is 10.4 Å². The quantitative estimate of drug-likeness (QED) is 0.760. The number of methoxy groups -OCH3 is 1. The van der Waals surface area contributed by atoms with E-state index < -0.39 is 0 Å². The van der Waals surface area contributed by atoms with Crippen LogP contribution < -0.4 is 4.74 Å². The molecule has 0 saturated carbocycles. The van der Waals surface area contributed by atoms with E-state index in [1.165, 1.54) is 7.11 Å². The first-order valence-electron chi connectivity index (χ1n) is 4.52. The molecule has 2 aromatic rings. The van der Waals surface area contributed by atoms with Crippen LogP contribution in [-0.4, -0.2) is 18.5 Å². The first-order valence-corrected chi connectivity index (χ1v) is 4.52. The number of benzene rings is 2. The smallest absolute Gasteiger partial charge is 0.169 e. The number of phenols is 1. The van der Waals surface area contributed by atoms with E-state index >= 15 is 0 Å². The van der Waals surface area contributed by atoms with Crippen molar-refractivity contribution in [3.8, 4) is 11.5 Å². The van der Waals surface area contributed by atoms with Crippen LogP contribution >= 0.6 is 0 Å². The number of hydrogen-bond donors (Lipinski definition) is 1. The molecule has 0 aromatic heterocycles. The maximum absolute atomic E-state index is 10.9. The third kappa shape index (κ3) is 1.42. The number of hydrogen-bond acceptors (Lipinski definition) is 3. The van der Waals surface area contributed by atoms with Gasteiger partial charge in [0.1, 0.15) is 0 Å². The number of carbonyl (C=O) groups is 1. The van der Waals surface area contributed by atoms with Crippen LogP contribution in [0.25, 0.3) is 10.8 Å². The Labute approximate surface area is 86.9 Å². The minimum absolute atomic E-state index is 0.105. The molecule has 15 heavy (non-hydrogen) atoms. The second-order valence-corrected chi connectivity index (χ2v) is 3.18. The molecule has 3 heteroatoms. The first-order chi connectivity index (χ1) is 7.27. The zero-order valence-corrected chi connectivity index (χ0v) is 8.23. The lowest BCUT2D eigenvalue weighted by Gasteiger charge is -2.08. The van der Waals surface area contributed by atoms with Gasteiger partial charge in [-0.3, -0.25) is 4.79 Å². The van der Waals surface area contributed by atoms with Crippen LogP contribution in [0, 0.1) is 0 Å². The molecule has 0 fully saturated rings. The molecule has 0 radical (unpaired) electrons. The molecular formula is C12H10O3. The molecule has 0 amide bonds. The van der Waals surface area contributed by atoms with Gasteiger partial charge in [-0.05, 0) is 16.8 Å². The lowest BCUT2D eigenvalue weighted by Crippen LogP contribution is -1.90. The largest absolute Gasteiger partial charge is 0.504 e. The molecule has 0 aliphatic carbocycles. The molecule has 0 aliphatic heterocycles. The molecule has 0 spiro atoms. The van der Waals surface area contributed by atoms with Gasteiger partial charge in [-0.15, -0.1) is 0 Å². The highest BCUT2D eigenvalue weighted by atomic mass is 16.5. The van der Waals surface area contributed by atoms with Gasteiger partial charge < -0.3 is 9.84 Å². The van der Waals surface area contributed by atoms with E-state index in [1.54, 1.807) is 12.1 Å². The van der Waals surface area contributed by atoms with Crippen LogP contribution in [0.4, 0.5) is 0 Å². The zero-order chi connectivity index (χ0) is 10.8. The van der Waals surface area contributed by atoms with Crippen molar-refractivity contribution >= 4 is 17.1 Å². The molecule has 0 bridgehead atoms. The number of aromatic hydroxyl groups is 1. The molecule has 0 atom stereocenters. The van der Waals surface area contributed by atoms with Crippen molar-refractivity contribution in [2.24, 2.45) is 0 Å². The third-order valence-corrected chi connectivity index (χ3v) is 2.36. The molecule has 0 saturated heterocycles. The summed E-state index contributed by atoms with van der Waals surface area (Å²) in [5.74, 6) is 0.210. The summed E-state index contributed by atoms with van der Waals surface area (Å²) in [6.07, 6.45) is 0.639. The first kappa shape index (κ1) is 9.52. The minimum Gasteiger partial charge on any atom is -0.504 e. The predicted octanol–water partition coefficient (Wildman–Crippen LogP) is 2.37. The van der Waals surface area contributed by atoms with Crippen molar-refractivity contribution in [3.63, 3.8) is 0 Å². The summed E-state index contributed by atoms with van der Waals surface area (Å²) in [4.78, 5) is 10.9. The lowest BCUT2D eigenvalue weighted by atomic mass is 10.0. The van der Waals surface area contributed by atoms with Crippen LogP contribution in [0.3, 0.4) is 0 Å². The fourth-order valence-electron chi connectivity index (χ4n) is 1.61. The number of aldehydes is 1. The highest BCUT2D eigenvalue weighted by molar-refractivity contribution is 6.02. The summed E-state index contributed by atoms with van der Waals surface area (Å²) in [5, 5.41) is 11.3. The topological polar surface area (TPSA) is 46.5 Å². The molecule has 2 rings (SSSR count). The van der Waals surface area contributed by atoms with Gasteiger partial charge in [0.05, 0.1) is 12.7 Å². The highest BCUT2D eigenvalue weighted by Gasteiger charge is 2.11. The Morgan fingerprint density at radius 3 is 2.73 bits per heavy atom. The second-order valence-electron chi connectivity index (χ2n) is 3.18. The number of ether oxygens (including phenoxy) is 1. The molecule has 0 unspecified atom stereocenters. The molecule has 1 N–H and O–H groups in total. The number of rotatable bonds is 2. The van der Waals surface area contributed by atoms with Crippen LogP contribution in [-0.2, 0) is 0 Å². The SMILES string of the molecule is COc1cc2ccccc2c(C=O)c1O. The molecular weight excluding hydrogens is 192 g/mol. The molecule has 76 valence electrons. The Morgan fingerprint density at radius 2 is 2.07 bits per heavy atom. The van der Waals surface area contributed by atoms with E-state index in [1.807, 2.05) is 18.2 Å². The summed E-state index contributed by atoms with van der Waals surface area (Å²) in [5.41, 5.74) is 0.268. The summed E-state index contributed by atoms with van der Waals surface area (Å²) >= 11 is 0. The molecule has 3 nitrogen and oxygen atoms in total. The van der Waals surface area contributed by atoms with Gasteiger partial charge in [0.2, 0.25) is 0 Å². The van der Waals surface area contributed by atoms with Gasteiger partial charge in [0.15, 0.2) is 17.8 Å². The molecule has 2 aromatic carbocycles. The summed E-state index contributed by atoms with van der Waals surface area (Å²) < 4.78 is 4.99. The van der Waals surface area contributed by atoms with Gasteiger partial charge in [-0.25, -0.2) is 0 Å². The lowest BCUT2D eigenvalue weighted by molar-refractivity contribution is 0.112. The minimum atomic E-state index is -0.105. The fraction of sp³-hybridized carbons (Fsp3) is 0.0833. The van der Waals surface area contributed by atoms with Crippen molar-refractivity contribution in [2.45, 2.75) is 0 Å². The molecule has 0 heterocycles. The summed E-state index contributed by atoms with van der Waals surface area (Å²) in [6, 6.07) is 9.05. The van der Waals surface area contributed by atoms with E-state index in [9.17, 15) is 9.90 Å². The van der Waals surface area contributed by atoms with E-state index in [-0.39, 0.29) is 11.3 Å². The van der Waals surface area contributed by atoms with Gasteiger partial charge in [-0.1, -0.05) is 24.3 Å². The van der Waals surface area contributed by atoms with Gasteiger partial charge in [0, 0.05) is 0 Å². The van der Waals surface area contributed by atoms with Crippen LogP contribution in [0.15, 0.2) is 30.3 Å². The second kappa shape index (κ2) is 3.61. The fourth-order valence-corrected chi connectivity index (χ4v) is 1.61. The number of phenolic OH excluding ortho intramolecular Hbond substituents is 1. The van der Waals surface area contributed by atoms with Crippen molar-refractivity contribution in [3.05, 3.63) is 35.9 Å². The highest BCUT2D eigenvalue weighted by Crippen LogP contribution is 2.35. The Kier molecular flexibility index (Phi) is 2.29. The summed E-state index contributed by atoms with van der Waals surface area (Å²) in [6.45, 7) is 0. The van der Waals surface area contributed by atoms with E-state index in [0.29, 0.717) is 12.0 Å². The van der Waals surface area contributed by atoms with Crippen molar-refractivity contribution in [1.82, 2.24) is 0 Å². The Balaban J connectivity index is 2.89. The predicted molar refractivity (Wildman–Crippen MR) is 57.6 cm³/mol. The van der Waals surface area contributed by atoms with Crippen molar-refractivity contribution in [2.75, 3.05) is 7.11 Å². The standard InChI is InChI=1S/C12H10O3/c1-15-11-6-8-4-2-3-5-9(8)10(7-13)12(11)14/h2-7,14H,1H3. The van der Waals surface area contributed by atoms with Gasteiger partial charge in [-0.2, -0.15) is 0 Å². The van der Waals surface area contributed by atoms with Crippen LogP contribution in [0.2, 0.25) is 0 Å². The maximum Gasteiger partial charge on any atom is 0.169 e. The van der Waals surface area contributed by atoms with Crippen molar-refractivity contribution < 1.29 is 14.6 Å². The average molecular weight is 202 g/mol. The monoisotopic (exact) mass is 202 g/mol. The number of fused-ring (bicyclic) bond motifs is 1. The summed E-state index contributed by atoms with van der Waals surface area (Å²) in [7, 11) is 1.46. The van der Waals surface area contributed by atoms with Gasteiger partial charge in [0.25, 0.3) is 0 Å². The van der Waals surface area contributed by atoms with Crippen LogP contribution in [0.5, 0.6) is 11.5 Å². The van der Waals surface area contributed by atoms with E-state index in [2.05, 4.69) is 0 Å². The normalized spacial score (nSPS) is 10.2. The third-order valence-electron chi connectivity index (χ3n) is 2.36. The number of carbonyl (C=O) groups excluding carboxylic acids is 1. The average Bonchev–Trinajstić information content (AvgIpc) is 2.28. The van der Waals surface area contributed by atoms with E-state index in [4.69, 9.17) is 4.74 Å².